The van der Waals surface area contributed by atoms with Gasteiger partial charge in [-0.25, -0.2) is 0 Å². The summed E-state index contributed by atoms with van der Waals surface area (Å²) in [5.41, 5.74) is 1.59. The molecule has 1 heterocycles. The van der Waals surface area contributed by atoms with Crippen molar-refractivity contribution in [3.63, 3.8) is 0 Å². The zero-order valence-electron chi connectivity index (χ0n) is 9.45. The molecule has 0 bridgehead atoms. The summed E-state index contributed by atoms with van der Waals surface area (Å²) in [6.45, 7) is 0. The molecule has 0 spiro atoms. The average Bonchev–Trinajstić information content (AvgIpc) is 2.38. The summed E-state index contributed by atoms with van der Waals surface area (Å²) in [6, 6.07) is 7.57. The molecule has 4 nitrogen and oxygen atoms in total. The summed E-state index contributed by atoms with van der Waals surface area (Å²) in [5.74, 6) is -1.13. The van der Waals surface area contributed by atoms with Crippen LogP contribution in [0.3, 0.4) is 0 Å². The summed E-state index contributed by atoms with van der Waals surface area (Å²) in [7, 11) is 0. The molecule has 1 N–H and O–H groups in total. The van der Waals surface area contributed by atoms with E-state index < -0.39 is 5.97 Å². The molecule has 0 aliphatic heterocycles. The highest BCUT2D eigenvalue weighted by molar-refractivity contribution is 9.10. The summed E-state index contributed by atoms with van der Waals surface area (Å²) >= 11 is 3.36. The van der Waals surface area contributed by atoms with Crippen LogP contribution in [0.5, 0.6) is 0 Å². The second-order valence-electron chi connectivity index (χ2n) is 3.83. The van der Waals surface area contributed by atoms with Crippen molar-refractivity contribution in [1.82, 2.24) is 9.97 Å². The molecule has 0 aliphatic rings. The van der Waals surface area contributed by atoms with Gasteiger partial charge in [0, 0.05) is 29.0 Å². The lowest BCUT2D eigenvalue weighted by atomic mass is 9.93. The first-order valence-corrected chi connectivity index (χ1v) is 6.19. The van der Waals surface area contributed by atoms with E-state index in [0.717, 1.165) is 10.0 Å². The normalized spacial score (nSPS) is 12.1. The molecule has 1 atom stereocenters. The molecule has 0 radical (unpaired) electrons. The number of nitrogens with zero attached hydrogens (tertiary/aromatic N) is 2. The van der Waals surface area contributed by atoms with Crippen LogP contribution < -0.4 is 0 Å². The largest absolute Gasteiger partial charge is 0.481 e. The van der Waals surface area contributed by atoms with Gasteiger partial charge < -0.3 is 5.11 Å². The maximum Gasteiger partial charge on any atom is 0.304 e. The number of halogens is 1. The van der Waals surface area contributed by atoms with Crippen molar-refractivity contribution in [2.75, 3.05) is 0 Å². The third kappa shape index (κ3) is 3.13. The number of hydrogen-bond acceptors (Lipinski definition) is 3. The molecule has 5 heteroatoms. The minimum absolute atomic E-state index is 0.000323. The van der Waals surface area contributed by atoms with E-state index >= 15 is 0 Å². The van der Waals surface area contributed by atoms with Gasteiger partial charge in [0.1, 0.15) is 0 Å². The van der Waals surface area contributed by atoms with E-state index in [0.29, 0.717) is 5.69 Å². The van der Waals surface area contributed by atoms with E-state index in [1.807, 2.05) is 24.3 Å². The van der Waals surface area contributed by atoms with Crippen LogP contribution in [-0.2, 0) is 4.79 Å². The smallest absolute Gasteiger partial charge is 0.304 e. The Labute approximate surface area is 113 Å². The zero-order valence-corrected chi connectivity index (χ0v) is 11.0. The van der Waals surface area contributed by atoms with Crippen molar-refractivity contribution >= 4 is 21.9 Å². The molecule has 2 rings (SSSR count). The molecule has 0 aliphatic carbocycles. The number of carbonyl (C=O) groups is 1. The Morgan fingerprint density at radius 1 is 1.28 bits per heavy atom. The van der Waals surface area contributed by atoms with Crippen LogP contribution in [0, 0.1) is 0 Å². The van der Waals surface area contributed by atoms with Crippen molar-refractivity contribution in [3.05, 3.63) is 58.6 Å². The number of carboxylic acids is 1. The van der Waals surface area contributed by atoms with Crippen LogP contribution in [0.25, 0.3) is 0 Å². The fraction of sp³-hybridized carbons (Fsp3) is 0.154. The number of hydrogen-bond donors (Lipinski definition) is 1. The Balaban J connectivity index is 2.36. The first-order valence-electron chi connectivity index (χ1n) is 5.40. The standard InChI is InChI=1S/C13H11BrN2O2/c14-10-3-1-9(2-4-10)11(7-13(17)18)12-8-15-5-6-16-12/h1-6,8,11H,7H2,(H,17,18). The molecule has 0 amide bonds. The topological polar surface area (TPSA) is 63.1 Å². The monoisotopic (exact) mass is 306 g/mol. The lowest BCUT2D eigenvalue weighted by molar-refractivity contribution is -0.137. The van der Waals surface area contributed by atoms with E-state index in [4.69, 9.17) is 5.11 Å². The van der Waals surface area contributed by atoms with Gasteiger partial charge in [-0.2, -0.15) is 0 Å². The molecular formula is C13H11BrN2O2. The third-order valence-corrected chi connectivity index (χ3v) is 3.12. The van der Waals surface area contributed by atoms with Crippen LogP contribution in [0.2, 0.25) is 0 Å². The maximum absolute atomic E-state index is 11.0. The predicted molar refractivity (Wildman–Crippen MR) is 70.3 cm³/mol. The molecule has 92 valence electrons. The molecule has 0 saturated carbocycles. The Bertz CT molecular complexity index is 528. The Morgan fingerprint density at radius 3 is 2.56 bits per heavy atom. The molecule has 18 heavy (non-hydrogen) atoms. The second kappa shape index (κ2) is 5.73. The van der Waals surface area contributed by atoms with Crippen LogP contribution >= 0.6 is 15.9 Å². The van der Waals surface area contributed by atoms with Gasteiger partial charge >= 0.3 is 5.97 Å². The number of rotatable bonds is 4. The van der Waals surface area contributed by atoms with Gasteiger partial charge in [-0.15, -0.1) is 0 Å². The zero-order chi connectivity index (χ0) is 13.0. The van der Waals surface area contributed by atoms with Gasteiger partial charge in [0.05, 0.1) is 12.1 Å². The van der Waals surface area contributed by atoms with E-state index in [1.54, 1.807) is 18.6 Å². The second-order valence-corrected chi connectivity index (χ2v) is 4.75. The Morgan fingerprint density at radius 2 is 2.00 bits per heavy atom. The maximum atomic E-state index is 11.0. The van der Waals surface area contributed by atoms with Gasteiger partial charge in [0.15, 0.2) is 0 Å². The SMILES string of the molecule is O=C(O)CC(c1ccc(Br)cc1)c1cnccn1. The van der Waals surface area contributed by atoms with Crippen molar-refractivity contribution < 1.29 is 9.90 Å². The van der Waals surface area contributed by atoms with E-state index in [1.165, 1.54) is 0 Å². The van der Waals surface area contributed by atoms with E-state index in [2.05, 4.69) is 25.9 Å². The summed E-state index contributed by atoms with van der Waals surface area (Å²) < 4.78 is 0.958. The van der Waals surface area contributed by atoms with Gasteiger partial charge in [-0.05, 0) is 17.7 Å². The van der Waals surface area contributed by atoms with Crippen molar-refractivity contribution in [1.29, 1.82) is 0 Å². The minimum Gasteiger partial charge on any atom is -0.481 e. The molecular weight excluding hydrogens is 296 g/mol. The van der Waals surface area contributed by atoms with Gasteiger partial charge in [0.2, 0.25) is 0 Å². The number of aromatic nitrogens is 2. The summed E-state index contributed by atoms with van der Waals surface area (Å²) in [6.07, 6.45) is 4.75. The van der Waals surface area contributed by atoms with Crippen molar-refractivity contribution in [3.8, 4) is 0 Å². The van der Waals surface area contributed by atoms with Gasteiger partial charge in [0.25, 0.3) is 0 Å². The fourth-order valence-corrected chi connectivity index (χ4v) is 2.02. The lowest BCUT2D eigenvalue weighted by Crippen LogP contribution is -2.09. The van der Waals surface area contributed by atoms with Gasteiger partial charge in [-0.1, -0.05) is 28.1 Å². The Hall–Kier alpha value is -1.75. The molecule has 1 aromatic carbocycles. The quantitative estimate of drug-likeness (QED) is 0.943. The third-order valence-electron chi connectivity index (χ3n) is 2.59. The average molecular weight is 307 g/mol. The van der Waals surface area contributed by atoms with Crippen LogP contribution in [0.4, 0.5) is 0 Å². The predicted octanol–water partition coefficient (Wildman–Crippen LogP) is 2.85. The van der Waals surface area contributed by atoms with E-state index in [9.17, 15) is 4.79 Å². The highest BCUT2D eigenvalue weighted by atomic mass is 79.9. The first-order chi connectivity index (χ1) is 8.66. The number of carboxylic acid groups (broad SMARTS) is 1. The summed E-state index contributed by atoms with van der Waals surface area (Å²) in [4.78, 5) is 19.2. The number of benzene rings is 1. The van der Waals surface area contributed by atoms with Crippen LogP contribution in [0.15, 0.2) is 47.3 Å². The molecule has 0 fully saturated rings. The molecule has 1 unspecified atom stereocenters. The Kier molecular flexibility index (Phi) is 4.04. The minimum atomic E-state index is -0.853. The molecule has 0 saturated heterocycles. The van der Waals surface area contributed by atoms with Crippen LogP contribution in [-0.4, -0.2) is 21.0 Å². The first kappa shape index (κ1) is 12.7. The van der Waals surface area contributed by atoms with Crippen molar-refractivity contribution in [2.24, 2.45) is 0 Å². The highest BCUT2D eigenvalue weighted by Gasteiger charge is 2.19. The fourth-order valence-electron chi connectivity index (χ4n) is 1.75. The van der Waals surface area contributed by atoms with E-state index in [-0.39, 0.29) is 12.3 Å². The van der Waals surface area contributed by atoms with Gasteiger partial charge in [-0.3, -0.25) is 14.8 Å². The molecule has 2 aromatic rings. The summed E-state index contributed by atoms with van der Waals surface area (Å²) in [5, 5.41) is 9.00. The van der Waals surface area contributed by atoms with Crippen LogP contribution in [0.1, 0.15) is 23.6 Å². The van der Waals surface area contributed by atoms with Crippen molar-refractivity contribution in [2.45, 2.75) is 12.3 Å². The lowest BCUT2D eigenvalue weighted by Gasteiger charge is -2.14. The molecule has 1 aromatic heterocycles. The number of aliphatic carboxylic acids is 1. The highest BCUT2D eigenvalue weighted by Crippen LogP contribution is 2.27.